The van der Waals surface area contributed by atoms with Gasteiger partial charge in [-0.25, -0.2) is 8.78 Å². The third-order valence-corrected chi connectivity index (χ3v) is 4.76. The third-order valence-electron chi connectivity index (χ3n) is 3.59. The maximum atomic E-state index is 13.8. The van der Waals surface area contributed by atoms with Crippen molar-refractivity contribution < 1.29 is 8.78 Å². The van der Waals surface area contributed by atoms with E-state index in [0.29, 0.717) is 34.0 Å². The largest absolute Gasteiger partial charge is 0.207 e. The number of halogens is 5. The van der Waals surface area contributed by atoms with E-state index in [1.54, 1.807) is 6.07 Å². The van der Waals surface area contributed by atoms with E-state index in [2.05, 4.69) is 0 Å². The number of rotatable bonds is 5. The third kappa shape index (κ3) is 4.13. The van der Waals surface area contributed by atoms with Crippen molar-refractivity contribution >= 4 is 34.8 Å². The van der Waals surface area contributed by atoms with Gasteiger partial charge in [-0.2, -0.15) is 0 Å². The Bertz CT molecular complexity index is 684. The number of hydrogen-bond donors (Lipinski definition) is 0. The second-order valence-corrected chi connectivity index (χ2v) is 6.41. The summed E-state index contributed by atoms with van der Waals surface area (Å²) in [4.78, 5) is 0. The van der Waals surface area contributed by atoms with Crippen LogP contribution < -0.4 is 0 Å². The summed E-state index contributed by atoms with van der Waals surface area (Å²) in [6.07, 6.45) is 2.64. The topological polar surface area (TPSA) is 0 Å². The van der Waals surface area contributed by atoms with Gasteiger partial charge in [0.05, 0.1) is 5.02 Å². The first kappa shape index (κ1) is 17.5. The molecule has 0 nitrogen and oxygen atoms in total. The van der Waals surface area contributed by atoms with Gasteiger partial charge in [-0.15, -0.1) is 0 Å². The molecule has 0 bridgehead atoms. The summed E-state index contributed by atoms with van der Waals surface area (Å²) in [6, 6.07) is 5.86. The van der Waals surface area contributed by atoms with Crippen LogP contribution in [0.3, 0.4) is 0 Å². The lowest BCUT2D eigenvalue weighted by molar-refractivity contribution is 0.599. The van der Waals surface area contributed by atoms with Gasteiger partial charge in [-0.05, 0) is 61.9 Å². The number of benzene rings is 2. The van der Waals surface area contributed by atoms with Crippen molar-refractivity contribution in [2.24, 2.45) is 0 Å². The molecule has 0 heterocycles. The molecule has 0 fully saturated rings. The molecular weight excluding hydrogens is 349 g/mol. The van der Waals surface area contributed by atoms with Crippen LogP contribution in [0, 0.1) is 18.6 Å². The average Bonchev–Trinajstić information content (AvgIpc) is 2.47. The van der Waals surface area contributed by atoms with Gasteiger partial charge in [0.1, 0.15) is 11.6 Å². The standard InChI is InChI=1S/C17H15Cl3F2/c1-10-6-7-15(21)12(17(10)20)5-3-2-4-11-8-16(22)14(19)9-13(11)18/h6-9H,2-5H2,1H3. The van der Waals surface area contributed by atoms with Crippen LogP contribution in [0.5, 0.6) is 0 Å². The van der Waals surface area contributed by atoms with Gasteiger partial charge >= 0.3 is 0 Å². The smallest absolute Gasteiger partial charge is 0.142 e. The first-order valence-electron chi connectivity index (χ1n) is 6.97. The highest BCUT2D eigenvalue weighted by atomic mass is 35.5. The normalized spacial score (nSPS) is 11.0. The number of hydrogen-bond acceptors (Lipinski definition) is 0. The first-order valence-corrected chi connectivity index (χ1v) is 8.10. The van der Waals surface area contributed by atoms with Crippen LogP contribution in [0.25, 0.3) is 0 Å². The minimum Gasteiger partial charge on any atom is -0.207 e. The van der Waals surface area contributed by atoms with Gasteiger partial charge in [0.25, 0.3) is 0 Å². The molecule has 0 radical (unpaired) electrons. The molecule has 0 aliphatic carbocycles. The molecule has 0 aliphatic heterocycles. The molecule has 2 rings (SSSR count). The quantitative estimate of drug-likeness (QED) is 0.405. The molecule has 0 N–H and O–H groups in total. The van der Waals surface area contributed by atoms with E-state index in [-0.39, 0.29) is 10.8 Å². The number of aryl methyl sites for hydroxylation is 2. The van der Waals surface area contributed by atoms with Crippen LogP contribution in [-0.2, 0) is 12.8 Å². The van der Waals surface area contributed by atoms with Crippen LogP contribution in [0.15, 0.2) is 24.3 Å². The molecule has 0 saturated carbocycles. The molecule has 2 aromatic carbocycles. The molecule has 118 valence electrons. The second-order valence-electron chi connectivity index (χ2n) is 5.22. The molecule has 0 aliphatic rings. The van der Waals surface area contributed by atoms with Crippen LogP contribution >= 0.6 is 34.8 Å². The molecule has 0 saturated heterocycles. The Labute approximate surface area is 144 Å². The van der Waals surface area contributed by atoms with Crippen molar-refractivity contribution in [1.82, 2.24) is 0 Å². The zero-order valence-electron chi connectivity index (χ0n) is 12.0. The monoisotopic (exact) mass is 362 g/mol. The minimum absolute atomic E-state index is 0.0161. The molecule has 0 unspecified atom stereocenters. The Morgan fingerprint density at radius 2 is 1.55 bits per heavy atom. The van der Waals surface area contributed by atoms with Crippen molar-refractivity contribution in [3.63, 3.8) is 0 Å². The van der Waals surface area contributed by atoms with Crippen molar-refractivity contribution in [3.05, 3.63) is 67.7 Å². The molecular formula is C17H15Cl3F2. The van der Waals surface area contributed by atoms with E-state index in [1.807, 2.05) is 6.92 Å². The first-order chi connectivity index (χ1) is 10.4. The molecule has 22 heavy (non-hydrogen) atoms. The van der Waals surface area contributed by atoms with Gasteiger partial charge in [-0.3, -0.25) is 0 Å². The van der Waals surface area contributed by atoms with Crippen LogP contribution in [-0.4, -0.2) is 0 Å². The minimum atomic E-state index is -0.478. The summed E-state index contributed by atoms with van der Waals surface area (Å²) >= 11 is 17.8. The summed E-state index contributed by atoms with van der Waals surface area (Å²) in [7, 11) is 0. The van der Waals surface area contributed by atoms with Gasteiger partial charge in [0, 0.05) is 15.6 Å². The fourth-order valence-electron chi connectivity index (χ4n) is 2.32. The molecule has 2 aromatic rings. The molecule has 5 heteroatoms. The highest BCUT2D eigenvalue weighted by molar-refractivity contribution is 6.35. The van der Waals surface area contributed by atoms with Gasteiger partial charge in [-0.1, -0.05) is 40.9 Å². The Hall–Kier alpha value is -0.830. The Kier molecular flexibility index (Phi) is 6.08. The second kappa shape index (κ2) is 7.63. The maximum absolute atomic E-state index is 13.8. The Balaban J connectivity index is 1.96. The van der Waals surface area contributed by atoms with Crippen molar-refractivity contribution in [2.75, 3.05) is 0 Å². The lowest BCUT2D eigenvalue weighted by Crippen LogP contribution is -1.96. The van der Waals surface area contributed by atoms with Gasteiger partial charge in [0.15, 0.2) is 0 Å². The van der Waals surface area contributed by atoms with E-state index in [0.717, 1.165) is 18.4 Å². The Morgan fingerprint density at radius 3 is 2.27 bits per heavy atom. The van der Waals surface area contributed by atoms with Crippen molar-refractivity contribution in [3.8, 4) is 0 Å². The van der Waals surface area contributed by atoms with Crippen LogP contribution in [0.2, 0.25) is 15.1 Å². The Morgan fingerprint density at radius 1 is 0.864 bits per heavy atom. The highest BCUT2D eigenvalue weighted by Gasteiger charge is 2.10. The number of unbranched alkanes of at least 4 members (excludes halogenated alkanes) is 1. The van der Waals surface area contributed by atoms with Gasteiger partial charge < -0.3 is 0 Å². The summed E-state index contributed by atoms with van der Waals surface area (Å²) in [5, 5.41) is 0.948. The zero-order chi connectivity index (χ0) is 16.3. The molecule has 0 spiro atoms. The van der Waals surface area contributed by atoms with E-state index >= 15 is 0 Å². The molecule has 0 atom stereocenters. The fraction of sp³-hybridized carbons (Fsp3) is 0.294. The molecule has 0 aromatic heterocycles. The van der Waals surface area contributed by atoms with Gasteiger partial charge in [0.2, 0.25) is 0 Å². The van der Waals surface area contributed by atoms with Crippen molar-refractivity contribution in [2.45, 2.75) is 32.6 Å². The van der Waals surface area contributed by atoms with Crippen LogP contribution in [0.1, 0.15) is 29.5 Å². The highest BCUT2D eigenvalue weighted by Crippen LogP contribution is 2.27. The predicted octanol–water partition coefficient (Wildman–Crippen LogP) is 6.80. The summed E-state index contributed by atoms with van der Waals surface area (Å²) < 4.78 is 27.2. The maximum Gasteiger partial charge on any atom is 0.142 e. The SMILES string of the molecule is Cc1ccc(F)c(CCCCc2cc(F)c(Cl)cc2Cl)c1Cl. The van der Waals surface area contributed by atoms with Crippen LogP contribution in [0.4, 0.5) is 8.78 Å². The summed E-state index contributed by atoms with van der Waals surface area (Å²) in [6.45, 7) is 1.85. The molecule has 0 amide bonds. The fourth-order valence-corrected chi connectivity index (χ4v) is 3.04. The zero-order valence-corrected chi connectivity index (χ0v) is 14.3. The predicted molar refractivity (Wildman–Crippen MR) is 89.2 cm³/mol. The summed E-state index contributed by atoms with van der Waals surface area (Å²) in [5.74, 6) is -0.764. The van der Waals surface area contributed by atoms with E-state index in [9.17, 15) is 8.78 Å². The van der Waals surface area contributed by atoms with E-state index in [4.69, 9.17) is 34.8 Å². The van der Waals surface area contributed by atoms with E-state index in [1.165, 1.54) is 18.2 Å². The van der Waals surface area contributed by atoms with E-state index < -0.39 is 5.82 Å². The van der Waals surface area contributed by atoms with Crippen molar-refractivity contribution in [1.29, 1.82) is 0 Å². The average molecular weight is 364 g/mol. The lowest BCUT2D eigenvalue weighted by Gasteiger charge is -2.09. The summed E-state index contributed by atoms with van der Waals surface area (Å²) in [5.41, 5.74) is 2.11. The lowest BCUT2D eigenvalue weighted by atomic mass is 10.0.